The molecular formula is C13H18N2O4. The summed E-state index contributed by atoms with van der Waals surface area (Å²) in [6, 6.07) is 3.74. The van der Waals surface area contributed by atoms with E-state index in [1.165, 1.54) is 0 Å². The molecule has 1 unspecified atom stereocenters. The Kier molecular flexibility index (Phi) is 5.17. The zero-order chi connectivity index (χ0) is 14.4. The van der Waals surface area contributed by atoms with Gasteiger partial charge in [0.25, 0.3) is 0 Å². The first kappa shape index (κ1) is 14.8. The van der Waals surface area contributed by atoms with Gasteiger partial charge in [-0.05, 0) is 37.1 Å². The molecule has 19 heavy (non-hydrogen) atoms. The molecule has 6 heteroatoms. The lowest BCUT2D eigenvalue weighted by atomic mass is 10.2. The molecule has 0 fully saturated rings. The fourth-order valence-corrected chi connectivity index (χ4v) is 1.62. The Hall–Kier alpha value is -2.24. The van der Waals surface area contributed by atoms with Crippen molar-refractivity contribution in [1.82, 2.24) is 5.32 Å². The average Bonchev–Trinajstić information content (AvgIpc) is 2.35. The number of ether oxygens (including phenoxy) is 1. The normalized spacial score (nSPS) is 11.5. The number of hydrogen-bond acceptors (Lipinski definition) is 3. The van der Waals surface area contributed by atoms with E-state index in [9.17, 15) is 9.59 Å². The summed E-state index contributed by atoms with van der Waals surface area (Å²) in [5.41, 5.74) is 1.46. The van der Waals surface area contributed by atoms with Crippen LogP contribution in [0.5, 0.6) is 5.75 Å². The van der Waals surface area contributed by atoms with Crippen LogP contribution in [-0.4, -0.2) is 30.3 Å². The molecule has 0 saturated carbocycles. The fraction of sp³-hybridized carbons (Fsp3) is 0.385. The molecule has 1 aromatic rings. The summed E-state index contributed by atoms with van der Waals surface area (Å²) in [7, 11) is 1.57. The molecule has 1 rings (SSSR count). The summed E-state index contributed by atoms with van der Waals surface area (Å²) >= 11 is 0. The predicted molar refractivity (Wildman–Crippen MR) is 71.6 cm³/mol. The first-order valence-corrected chi connectivity index (χ1v) is 5.92. The van der Waals surface area contributed by atoms with Gasteiger partial charge in [-0.25, -0.2) is 9.59 Å². The molecule has 0 aromatic heterocycles. The number of aryl methyl sites for hydroxylation is 1. The number of anilines is 1. The zero-order valence-electron chi connectivity index (χ0n) is 11.2. The van der Waals surface area contributed by atoms with Gasteiger partial charge < -0.3 is 20.5 Å². The molecule has 0 spiro atoms. The van der Waals surface area contributed by atoms with Crippen LogP contribution in [0, 0.1) is 6.92 Å². The number of carbonyl (C=O) groups excluding carboxylic acids is 1. The topological polar surface area (TPSA) is 87.7 Å². The number of nitrogens with one attached hydrogen (secondary N) is 2. The van der Waals surface area contributed by atoms with Gasteiger partial charge in [-0.3, -0.25) is 0 Å². The van der Waals surface area contributed by atoms with Crippen molar-refractivity contribution in [3.8, 4) is 5.75 Å². The summed E-state index contributed by atoms with van der Waals surface area (Å²) in [6.45, 7) is 3.55. The van der Waals surface area contributed by atoms with E-state index in [2.05, 4.69) is 10.6 Å². The Morgan fingerprint density at radius 1 is 1.42 bits per heavy atom. The second-order valence-corrected chi connectivity index (χ2v) is 4.08. The van der Waals surface area contributed by atoms with E-state index in [1.807, 2.05) is 6.92 Å². The van der Waals surface area contributed by atoms with Crippen LogP contribution in [0.1, 0.15) is 18.9 Å². The summed E-state index contributed by atoms with van der Waals surface area (Å²) < 4.78 is 5.11. The molecule has 3 N–H and O–H groups in total. The van der Waals surface area contributed by atoms with E-state index in [0.717, 1.165) is 11.3 Å². The van der Waals surface area contributed by atoms with Gasteiger partial charge >= 0.3 is 12.0 Å². The van der Waals surface area contributed by atoms with Gasteiger partial charge in [-0.15, -0.1) is 0 Å². The number of aliphatic carboxylic acids is 1. The van der Waals surface area contributed by atoms with Crippen molar-refractivity contribution in [3.05, 3.63) is 23.8 Å². The van der Waals surface area contributed by atoms with Crippen molar-refractivity contribution >= 4 is 17.7 Å². The standard InChI is InChI=1S/C13H18N2O4/c1-4-10(12(16)17)15-13(18)14-9-5-6-11(19-3)8(2)7-9/h5-7,10H,4H2,1-3H3,(H,16,17)(H2,14,15,18). The van der Waals surface area contributed by atoms with Crippen LogP contribution in [0.15, 0.2) is 18.2 Å². The van der Waals surface area contributed by atoms with Crippen molar-refractivity contribution in [3.63, 3.8) is 0 Å². The van der Waals surface area contributed by atoms with Crippen molar-refractivity contribution in [2.24, 2.45) is 0 Å². The number of hydrogen-bond donors (Lipinski definition) is 3. The SMILES string of the molecule is CCC(NC(=O)Nc1ccc(OC)c(C)c1)C(=O)O. The number of urea groups is 1. The number of carboxylic acids is 1. The van der Waals surface area contributed by atoms with E-state index >= 15 is 0 Å². The van der Waals surface area contributed by atoms with E-state index in [4.69, 9.17) is 9.84 Å². The van der Waals surface area contributed by atoms with Crippen LogP contribution >= 0.6 is 0 Å². The van der Waals surface area contributed by atoms with Crippen molar-refractivity contribution in [2.75, 3.05) is 12.4 Å². The van der Waals surface area contributed by atoms with Crippen LogP contribution in [0.25, 0.3) is 0 Å². The van der Waals surface area contributed by atoms with Gasteiger partial charge in [0.1, 0.15) is 11.8 Å². The minimum absolute atomic E-state index is 0.324. The summed E-state index contributed by atoms with van der Waals surface area (Å²) in [4.78, 5) is 22.4. The molecule has 0 heterocycles. The van der Waals surface area contributed by atoms with E-state index < -0.39 is 18.0 Å². The molecule has 1 aromatic carbocycles. The van der Waals surface area contributed by atoms with Gasteiger partial charge in [0.05, 0.1) is 7.11 Å². The van der Waals surface area contributed by atoms with Gasteiger partial charge in [-0.2, -0.15) is 0 Å². The fourth-order valence-electron chi connectivity index (χ4n) is 1.62. The Labute approximate surface area is 111 Å². The maximum Gasteiger partial charge on any atom is 0.326 e. The number of rotatable bonds is 5. The molecule has 2 amide bonds. The average molecular weight is 266 g/mol. The van der Waals surface area contributed by atoms with Crippen LogP contribution < -0.4 is 15.4 Å². The molecule has 1 atom stereocenters. The zero-order valence-corrected chi connectivity index (χ0v) is 11.2. The minimum atomic E-state index is -1.05. The van der Waals surface area contributed by atoms with Crippen molar-refractivity contribution in [2.45, 2.75) is 26.3 Å². The van der Waals surface area contributed by atoms with Gasteiger partial charge in [-0.1, -0.05) is 6.92 Å². The third-order valence-electron chi connectivity index (χ3n) is 2.66. The minimum Gasteiger partial charge on any atom is -0.496 e. The quantitative estimate of drug-likeness (QED) is 0.760. The first-order chi connectivity index (χ1) is 8.97. The van der Waals surface area contributed by atoms with E-state index in [0.29, 0.717) is 12.1 Å². The number of benzene rings is 1. The van der Waals surface area contributed by atoms with Crippen LogP contribution in [0.3, 0.4) is 0 Å². The molecule has 0 aliphatic heterocycles. The second kappa shape index (κ2) is 6.63. The largest absolute Gasteiger partial charge is 0.496 e. The van der Waals surface area contributed by atoms with E-state index in [1.54, 1.807) is 32.2 Å². The Bertz CT molecular complexity index is 474. The third-order valence-corrected chi connectivity index (χ3v) is 2.66. The second-order valence-electron chi connectivity index (χ2n) is 4.08. The van der Waals surface area contributed by atoms with E-state index in [-0.39, 0.29) is 0 Å². The van der Waals surface area contributed by atoms with Crippen molar-refractivity contribution in [1.29, 1.82) is 0 Å². The molecule has 0 aliphatic rings. The van der Waals surface area contributed by atoms with Crippen molar-refractivity contribution < 1.29 is 19.4 Å². The maximum absolute atomic E-state index is 11.6. The highest BCUT2D eigenvalue weighted by atomic mass is 16.5. The maximum atomic E-state index is 11.6. The van der Waals surface area contributed by atoms with Gasteiger partial charge in [0.2, 0.25) is 0 Å². The smallest absolute Gasteiger partial charge is 0.326 e. The van der Waals surface area contributed by atoms with Gasteiger partial charge in [0, 0.05) is 5.69 Å². The highest BCUT2D eigenvalue weighted by Crippen LogP contribution is 2.21. The molecule has 0 radical (unpaired) electrons. The molecule has 104 valence electrons. The highest BCUT2D eigenvalue weighted by molar-refractivity contribution is 5.92. The number of methoxy groups -OCH3 is 1. The molecule has 0 bridgehead atoms. The Morgan fingerprint density at radius 3 is 2.58 bits per heavy atom. The highest BCUT2D eigenvalue weighted by Gasteiger charge is 2.17. The molecule has 0 aliphatic carbocycles. The Balaban J connectivity index is 2.67. The number of amides is 2. The molecular weight excluding hydrogens is 248 g/mol. The lowest BCUT2D eigenvalue weighted by Crippen LogP contribution is -2.42. The lowest BCUT2D eigenvalue weighted by Gasteiger charge is -2.14. The Morgan fingerprint density at radius 2 is 2.11 bits per heavy atom. The van der Waals surface area contributed by atoms with Crippen LogP contribution in [0.4, 0.5) is 10.5 Å². The lowest BCUT2D eigenvalue weighted by molar-refractivity contribution is -0.139. The first-order valence-electron chi connectivity index (χ1n) is 5.92. The summed E-state index contributed by atoms with van der Waals surface area (Å²) in [5, 5.41) is 13.8. The molecule has 0 saturated heterocycles. The number of carboxylic acid groups (broad SMARTS) is 1. The molecule has 6 nitrogen and oxygen atoms in total. The summed E-state index contributed by atoms with van der Waals surface area (Å²) in [5.74, 6) is -0.327. The predicted octanol–water partition coefficient (Wildman–Crippen LogP) is 1.99. The monoisotopic (exact) mass is 266 g/mol. The van der Waals surface area contributed by atoms with Gasteiger partial charge in [0.15, 0.2) is 0 Å². The summed E-state index contributed by atoms with van der Waals surface area (Å²) in [6.07, 6.45) is 0.324. The van der Waals surface area contributed by atoms with Crippen LogP contribution in [0.2, 0.25) is 0 Å². The number of carbonyl (C=O) groups is 2. The third kappa shape index (κ3) is 4.17. The van der Waals surface area contributed by atoms with Crippen LogP contribution in [-0.2, 0) is 4.79 Å².